The summed E-state index contributed by atoms with van der Waals surface area (Å²) in [6, 6.07) is 21.8. The second-order valence-corrected chi connectivity index (χ2v) is 7.09. The van der Waals surface area contributed by atoms with Gasteiger partial charge in [-0.1, -0.05) is 48.5 Å². The van der Waals surface area contributed by atoms with Crippen LogP contribution in [0.25, 0.3) is 10.9 Å². The summed E-state index contributed by atoms with van der Waals surface area (Å²) in [4.78, 5) is 16.6. The molecule has 0 aliphatic rings. The second kappa shape index (κ2) is 8.29. The number of hydrogen-bond acceptors (Lipinski definition) is 3. The molecule has 0 radical (unpaired) electrons. The van der Waals surface area contributed by atoms with Gasteiger partial charge < -0.3 is 15.0 Å². The fraction of sp³-hybridized carbons (Fsp3) is 0.167. The molecule has 2 N–H and O–H groups in total. The number of pyridine rings is 1. The van der Waals surface area contributed by atoms with Crippen molar-refractivity contribution >= 4 is 16.9 Å². The molecule has 0 spiro atoms. The van der Waals surface area contributed by atoms with E-state index >= 15 is 0 Å². The van der Waals surface area contributed by atoms with E-state index in [1.54, 1.807) is 6.20 Å². The van der Waals surface area contributed by atoms with Crippen molar-refractivity contribution in [2.24, 2.45) is 0 Å². The van der Waals surface area contributed by atoms with Crippen molar-refractivity contribution in [3.05, 3.63) is 101 Å². The van der Waals surface area contributed by atoms with Crippen LogP contribution in [0.4, 0.5) is 0 Å². The lowest BCUT2D eigenvalue weighted by molar-refractivity contribution is 0.0684. The van der Waals surface area contributed by atoms with Crippen LogP contribution in [0.3, 0.4) is 0 Å². The summed E-state index contributed by atoms with van der Waals surface area (Å²) in [6.45, 7) is 3.61. The Labute approximate surface area is 169 Å². The molecular formula is C24H23N3O2. The monoisotopic (exact) mass is 385 g/mol. The van der Waals surface area contributed by atoms with Gasteiger partial charge in [0.05, 0.1) is 5.69 Å². The van der Waals surface area contributed by atoms with Crippen molar-refractivity contribution < 1.29 is 9.90 Å². The average Bonchev–Trinajstić information content (AvgIpc) is 3.04. The summed E-state index contributed by atoms with van der Waals surface area (Å²) < 4.78 is 1.91. The molecule has 2 aromatic carbocycles. The number of hydrogen-bond donors (Lipinski definition) is 2. The quantitative estimate of drug-likeness (QED) is 0.495. The molecule has 0 atom stereocenters. The second-order valence-electron chi connectivity index (χ2n) is 7.09. The van der Waals surface area contributed by atoms with Crippen molar-refractivity contribution in [3.8, 4) is 0 Å². The highest BCUT2D eigenvalue weighted by Gasteiger charge is 2.22. The first-order valence-corrected chi connectivity index (χ1v) is 9.63. The molecule has 0 aliphatic heterocycles. The minimum atomic E-state index is -0.913. The zero-order chi connectivity index (χ0) is 20.2. The molecule has 2 aromatic heterocycles. The van der Waals surface area contributed by atoms with Gasteiger partial charge in [0.25, 0.3) is 0 Å². The molecule has 0 unspecified atom stereocenters. The first-order chi connectivity index (χ1) is 14.1. The predicted octanol–water partition coefficient (Wildman–Crippen LogP) is 4.38. The Morgan fingerprint density at radius 3 is 2.52 bits per heavy atom. The Bertz CT molecular complexity index is 1150. The van der Waals surface area contributed by atoms with Crippen molar-refractivity contribution in [1.29, 1.82) is 0 Å². The fourth-order valence-corrected chi connectivity index (χ4v) is 3.74. The Morgan fingerprint density at radius 2 is 1.76 bits per heavy atom. The van der Waals surface area contributed by atoms with Crippen molar-refractivity contribution in [2.75, 3.05) is 0 Å². The maximum Gasteiger partial charge on any atom is 0.352 e. The number of nitrogens with zero attached hydrogens (tertiary/aromatic N) is 2. The summed E-state index contributed by atoms with van der Waals surface area (Å²) in [6.07, 6.45) is 1.76. The van der Waals surface area contributed by atoms with E-state index in [4.69, 9.17) is 0 Å². The predicted molar refractivity (Wildman–Crippen MR) is 114 cm³/mol. The lowest BCUT2D eigenvalue weighted by Gasteiger charge is -2.12. The number of aryl methyl sites for hydroxylation is 1. The van der Waals surface area contributed by atoms with Gasteiger partial charge in [-0.25, -0.2) is 4.79 Å². The van der Waals surface area contributed by atoms with Gasteiger partial charge in [-0.2, -0.15) is 0 Å². The van der Waals surface area contributed by atoms with Crippen molar-refractivity contribution in [3.63, 3.8) is 0 Å². The molecule has 5 heteroatoms. The highest BCUT2D eigenvalue weighted by molar-refractivity contribution is 5.98. The Morgan fingerprint density at radius 1 is 1.00 bits per heavy atom. The molecule has 2 heterocycles. The summed E-state index contributed by atoms with van der Waals surface area (Å²) in [7, 11) is 0. The smallest absolute Gasteiger partial charge is 0.352 e. The molecule has 0 saturated carbocycles. The minimum absolute atomic E-state index is 0.336. The van der Waals surface area contributed by atoms with Crippen LogP contribution >= 0.6 is 0 Å². The van der Waals surface area contributed by atoms with E-state index in [9.17, 15) is 9.90 Å². The summed E-state index contributed by atoms with van der Waals surface area (Å²) in [5.41, 5.74) is 5.26. The molecule has 0 saturated heterocycles. The van der Waals surface area contributed by atoms with Crippen LogP contribution in [-0.2, 0) is 19.6 Å². The number of rotatable bonds is 7. The number of carboxylic acids is 1. The number of aromatic carboxylic acids is 1. The van der Waals surface area contributed by atoms with Crippen LogP contribution < -0.4 is 5.32 Å². The SMILES string of the molecule is Cc1ccccc1Cn1c(C(=O)O)c(CNCc2ccccn2)c2ccccc21. The zero-order valence-corrected chi connectivity index (χ0v) is 16.3. The van der Waals surface area contributed by atoms with Gasteiger partial charge in [0.1, 0.15) is 5.69 Å². The number of para-hydroxylation sites is 1. The zero-order valence-electron chi connectivity index (χ0n) is 16.3. The third-order valence-corrected chi connectivity index (χ3v) is 5.20. The highest BCUT2D eigenvalue weighted by atomic mass is 16.4. The Hall–Kier alpha value is -3.44. The number of carbonyl (C=O) groups is 1. The van der Waals surface area contributed by atoms with Gasteiger partial charge >= 0.3 is 5.97 Å². The molecule has 0 aliphatic carbocycles. The van der Waals surface area contributed by atoms with Crippen LogP contribution in [0.5, 0.6) is 0 Å². The Balaban J connectivity index is 1.72. The largest absolute Gasteiger partial charge is 0.477 e. The van der Waals surface area contributed by atoms with E-state index in [0.717, 1.165) is 33.3 Å². The molecule has 29 heavy (non-hydrogen) atoms. The summed E-state index contributed by atoms with van der Waals surface area (Å²) in [5.74, 6) is -0.913. The third kappa shape index (κ3) is 3.91. The fourth-order valence-electron chi connectivity index (χ4n) is 3.74. The van der Waals surface area contributed by atoms with Gasteiger partial charge in [0.15, 0.2) is 0 Å². The van der Waals surface area contributed by atoms with Crippen molar-refractivity contribution in [1.82, 2.24) is 14.9 Å². The van der Waals surface area contributed by atoms with Crippen molar-refractivity contribution in [2.45, 2.75) is 26.6 Å². The van der Waals surface area contributed by atoms with Gasteiger partial charge in [0, 0.05) is 42.3 Å². The van der Waals surface area contributed by atoms with Crippen LogP contribution in [0, 0.1) is 6.92 Å². The van der Waals surface area contributed by atoms with E-state index in [2.05, 4.69) is 29.4 Å². The van der Waals surface area contributed by atoms with E-state index < -0.39 is 5.97 Å². The highest BCUT2D eigenvalue weighted by Crippen LogP contribution is 2.28. The Kier molecular flexibility index (Phi) is 5.40. The molecule has 0 bridgehead atoms. The number of carboxylic acid groups (broad SMARTS) is 1. The number of aromatic nitrogens is 2. The van der Waals surface area contributed by atoms with E-state index in [1.807, 2.05) is 59.2 Å². The molecule has 0 amide bonds. The third-order valence-electron chi connectivity index (χ3n) is 5.20. The number of fused-ring (bicyclic) bond motifs is 1. The normalized spacial score (nSPS) is 11.1. The molecule has 5 nitrogen and oxygen atoms in total. The average molecular weight is 385 g/mol. The van der Waals surface area contributed by atoms with Crippen LogP contribution in [-0.4, -0.2) is 20.6 Å². The maximum absolute atomic E-state index is 12.3. The van der Waals surface area contributed by atoms with Crippen LogP contribution in [0.15, 0.2) is 72.9 Å². The maximum atomic E-state index is 12.3. The van der Waals surface area contributed by atoms with Gasteiger partial charge in [-0.15, -0.1) is 0 Å². The molecular weight excluding hydrogens is 362 g/mol. The van der Waals surface area contributed by atoms with E-state index in [0.29, 0.717) is 25.3 Å². The van der Waals surface area contributed by atoms with Gasteiger partial charge in [-0.05, 0) is 36.2 Å². The number of benzene rings is 2. The summed E-state index contributed by atoms with van der Waals surface area (Å²) in [5, 5.41) is 14.4. The molecule has 4 rings (SSSR count). The van der Waals surface area contributed by atoms with Crippen LogP contribution in [0.2, 0.25) is 0 Å². The first-order valence-electron chi connectivity index (χ1n) is 9.63. The lowest BCUT2D eigenvalue weighted by atomic mass is 10.1. The molecule has 146 valence electrons. The van der Waals surface area contributed by atoms with E-state index in [-0.39, 0.29) is 0 Å². The first kappa shape index (κ1) is 18.9. The topological polar surface area (TPSA) is 67.2 Å². The van der Waals surface area contributed by atoms with Crippen LogP contribution in [0.1, 0.15) is 32.9 Å². The lowest BCUT2D eigenvalue weighted by Crippen LogP contribution is -2.17. The standard InChI is InChI=1S/C24H23N3O2/c1-17-8-2-3-9-18(17)16-27-22-12-5-4-11-20(22)21(23(27)24(28)29)15-25-14-19-10-6-7-13-26-19/h2-13,25H,14-16H2,1H3,(H,28,29). The molecule has 0 fully saturated rings. The molecule has 4 aromatic rings. The van der Waals surface area contributed by atoms with Gasteiger partial charge in [-0.3, -0.25) is 4.98 Å². The number of nitrogens with one attached hydrogen (secondary N) is 1. The summed E-state index contributed by atoms with van der Waals surface area (Å²) >= 11 is 0. The van der Waals surface area contributed by atoms with Gasteiger partial charge in [0.2, 0.25) is 0 Å². The van der Waals surface area contributed by atoms with E-state index in [1.165, 1.54) is 0 Å². The minimum Gasteiger partial charge on any atom is -0.477 e.